The maximum atomic E-state index is 12.6. The van der Waals surface area contributed by atoms with Crippen LogP contribution in [0.1, 0.15) is 46.0 Å². The van der Waals surface area contributed by atoms with Crippen LogP contribution in [-0.2, 0) is 4.79 Å². The first-order valence-corrected chi connectivity index (χ1v) is 7.67. The zero-order valence-electron chi connectivity index (χ0n) is 12.4. The second kappa shape index (κ2) is 4.45. The van der Waals surface area contributed by atoms with Crippen LogP contribution in [0.15, 0.2) is 0 Å². The molecule has 4 bridgehead atoms. The molecule has 1 amide bonds. The molecule has 4 fully saturated rings. The monoisotopic (exact) mass is 265 g/mol. The molecule has 0 aromatic heterocycles. The Bertz CT molecular complexity index is 352. The van der Waals surface area contributed by atoms with Crippen molar-refractivity contribution in [3.63, 3.8) is 0 Å². The Kier molecular flexibility index (Phi) is 3.13. The highest BCUT2D eigenvalue weighted by molar-refractivity contribution is 5.85. The molecule has 3 N–H and O–H groups in total. The van der Waals surface area contributed by atoms with Gasteiger partial charge in [0.1, 0.15) is 5.54 Å². The van der Waals surface area contributed by atoms with Crippen molar-refractivity contribution in [2.24, 2.45) is 29.5 Å². The molecule has 4 aliphatic rings. The van der Waals surface area contributed by atoms with Crippen molar-refractivity contribution in [1.29, 1.82) is 0 Å². The largest absolute Gasteiger partial charge is 0.341 e. The maximum absolute atomic E-state index is 12.6. The highest BCUT2D eigenvalue weighted by Crippen LogP contribution is 2.55. The lowest BCUT2D eigenvalue weighted by Gasteiger charge is -2.57. The van der Waals surface area contributed by atoms with Gasteiger partial charge in [-0.2, -0.15) is 0 Å². The fourth-order valence-electron chi connectivity index (χ4n) is 5.17. The molecule has 4 nitrogen and oxygen atoms in total. The second-order valence-corrected chi connectivity index (χ2v) is 7.61. The molecular weight excluding hydrogens is 238 g/mol. The minimum atomic E-state index is -0.663. The molecule has 0 aromatic rings. The summed E-state index contributed by atoms with van der Waals surface area (Å²) in [7, 11) is 1.98. The van der Waals surface area contributed by atoms with Crippen LogP contribution in [0.25, 0.3) is 0 Å². The van der Waals surface area contributed by atoms with Gasteiger partial charge in [0.05, 0.1) is 0 Å². The Morgan fingerprint density at radius 1 is 1.11 bits per heavy atom. The minimum absolute atomic E-state index is 0.132. The molecule has 0 aromatic carbocycles. The predicted octanol–water partition coefficient (Wildman–Crippen LogP) is 1.51. The number of amides is 1. The van der Waals surface area contributed by atoms with Crippen molar-refractivity contribution in [2.75, 3.05) is 7.05 Å². The maximum Gasteiger partial charge on any atom is 0.243 e. The van der Waals surface area contributed by atoms with Gasteiger partial charge in [0.25, 0.3) is 0 Å². The van der Waals surface area contributed by atoms with E-state index in [2.05, 4.69) is 5.43 Å². The molecule has 0 unspecified atom stereocenters. The van der Waals surface area contributed by atoms with E-state index in [-0.39, 0.29) is 5.91 Å². The minimum Gasteiger partial charge on any atom is -0.341 e. The van der Waals surface area contributed by atoms with E-state index >= 15 is 0 Å². The van der Waals surface area contributed by atoms with E-state index in [0.717, 1.165) is 23.7 Å². The third-order valence-corrected chi connectivity index (χ3v) is 5.84. The third-order valence-electron chi connectivity index (χ3n) is 5.84. The first-order chi connectivity index (χ1) is 8.92. The Morgan fingerprint density at radius 2 is 1.58 bits per heavy atom. The van der Waals surface area contributed by atoms with Crippen molar-refractivity contribution in [3.05, 3.63) is 0 Å². The van der Waals surface area contributed by atoms with Crippen molar-refractivity contribution in [3.8, 4) is 0 Å². The van der Waals surface area contributed by atoms with Crippen molar-refractivity contribution < 1.29 is 4.79 Å². The van der Waals surface area contributed by atoms with Gasteiger partial charge in [-0.3, -0.25) is 10.6 Å². The predicted molar refractivity (Wildman–Crippen MR) is 75.0 cm³/mol. The van der Waals surface area contributed by atoms with E-state index in [9.17, 15) is 4.79 Å². The van der Waals surface area contributed by atoms with Crippen LogP contribution in [0.5, 0.6) is 0 Å². The van der Waals surface area contributed by atoms with E-state index < -0.39 is 5.54 Å². The Morgan fingerprint density at radius 3 is 2.00 bits per heavy atom. The van der Waals surface area contributed by atoms with Gasteiger partial charge in [-0.25, -0.2) is 5.43 Å². The van der Waals surface area contributed by atoms with Crippen LogP contribution in [0, 0.1) is 23.7 Å². The highest BCUT2D eigenvalue weighted by atomic mass is 16.2. The van der Waals surface area contributed by atoms with E-state index in [1.54, 1.807) is 0 Å². The molecule has 0 radical (unpaired) electrons. The lowest BCUT2D eigenvalue weighted by molar-refractivity contribution is -0.147. The van der Waals surface area contributed by atoms with Crippen LogP contribution in [-0.4, -0.2) is 29.4 Å². The van der Waals surface area contributed by atoms with Crippen LogP contribution < -0.4 is 11.3 Å². The molecule has 4 saturated carbocycles. The van der Waals surface area contributed by atoms with Crippen LogP contribution >= 0.6 is 0 Å². The van der Waals surface area contributed by atoms with Gasteiger partial charge in [0, 0.05) is 13.1 Å². The van der Waals surface area contributed by atoms with Gasteiger partial charge in [-0.1, -0.05) is 0 Å². The zero-order chi connectivity index (χ0) is 13.8. The van der Waals surface area contributed by atoms with Crippen molar-refractivity contribution in [2.45, 2.75) is 57.5 Å². The topological polar surface area (TPSA) is 58.4 Å². The summed E-state index contributed by atoms with van der Waals surface area (Å²) < 4.78 is 0. The first kappa shape index (κ1) is 13.4. The lowest BCUT2D eigenvalue weighted by atomic mass is 9.54. The van der Waals surface area contributed by atoms with Crippen LogP contribution in [0.4, 0.5) is 0 Å². The molecule has 108 valence electrons. The SMILES string of the molecule is CN(C(=O)C(C)(C)NN)C1C2CC3CC(C2)CC1C3. The lowest BCUT2D eigenvalue weighted by Crippen LogP contribution is -2.62. The summed E-state index contributed by atoms with van der Waals surface area (Å²) in [5, 5.41) is 0. The number of carbonyl (C=O) groups excluding carboxylic acids is 1. The molecule has 19 heavy (non-hydrogen) atoms. The standard InChI is InChI=1S/C15H27N3O/c1-15(2,17-16)14(19)18(3)13-11-5-9-4-10(7-11)8-12(13)6-9/h9-13,17H,4-8,16H2,1-3H3. The molecule has 4 aliphatic carbocycles. The number of nitrogens with zero attached hydrogens (tertiary/aromatic N) is 1. The molecule has 0 saturated heterocycles. The summed E-state index contributed by atoms with van der Waals surface area (Å²) >= 11 is 0. The van der Waals surface area contributed by atoms with Crippen LogP contribution in [0.3, 0.4) is 0 Å². The summed E-state index contributed by atoms with van der Waals surface area (Å²) in [6.45, 7) is 3.73. The normalized spacial score (nSPS) is 40.5. The van der Waals surface area contributed by atoms with E-state index in [4.69, 9.17) is 5.84 Å². The van der Waals surface area contributed by atoms with Crippen molar-refractivity contribution >= 4 is 5.91 Å². The van der Waals surface area contributed by atoms with Gasteiger partial charge in [0.2, 0.25) is 5.91 Å². The molecular formula is C15H27N3O. The smallest absolute Gasteiger partial charge is 0.243 e. The number of hydrogen-bond acceptors (Lipinski definition) is 3. The molecule has 4 heteroatoms. The number of nitrogens with two attached hydrogens (primary N) is 1. The van der Waals surface area contributed by atoms with Gasteiger partial charge in [-0.15, -0.1) is 0 Å². The summed E-state index contributed by atoms with van der Waals surface area (Å²) in [6, 6.07) is 0.452. The van der Waals surface area contributed by atoms with E-state index in [0.29, 0.717) is 6.04 Å². The average molecular weight is 265 g/mol. The third kappa shape index (κ3) is 2.09. The van der Waals surface area contributed by atoms with Gasteiger partial charge >= 0.3 is 0 Å². The Labute approximate surface area is 116 Å². The van der Waals surface area contributed by atoms with Crippen molar-refractivity contribution in [1.82, 2.24) is 10.3 Å². The van der Waals surface area contributed by atoms with Gasteiger partial charge in [-0.05, 0) is 69.6 Å². The summed E-state index contributed by atoms with van der Waals surface area (Å²) in [5.41, 5.74) is 1.99. The Balaban J connectivity index is 1.77. The summed E-state index contributed by atoms with van der Waals surface area (Å²) in [5.74, 6) is 9.02. The molecule has 4 rings (SSSR count). The number of nitrogens with one attached hydrogen (secondary N) is 1. The Hall–Kier alpha value is -0.610. The summed E-state index contributed by atoms with van der Waals surface area (Å²) in [6.07, 6.45) is 6.81. The quantitative estimate of drug-likeness (QED) is 0.601. The molecule has 0 aliphatic heterocycles. The molecule has 0 atom stereocenters. The van der Waals surface area contributed by atoms with Gasteiger partial charge in [0.15, 0.2) is 0 Å². The van der Waals surface area contributed by atoms with E-state index in [1.807, 2.05) is 25.8 Å². The van der Waals surface area contributed by atoms with E-state index in [1.165, 1.54) is 32.1 Å². The number of carbonyl (C=O) groups is 1. The molecule has 0 heterocycles. The number of rotatable bonds is 3. The fourth-order valence-corrected chi connectivity index (χ4v) is 5.17. The number of hydrogen-bond donors (Lipinski definition) is 2. The highest BCUT2D eigenvalue weighted by Gasteiger charge is 2.51. The fraction of sp³-hybridized carbons (Fsp3) is 0.933. The summed E-state index contributed by atoms with van der Waals surface area (Å²) in [4.78, 5) is 14.6. The zero-order valence-corrected chi connectivity index (χ0v) is 12.4. The molecule has 0 spiro atoms. The average Bonchev–Trinajstić information content (AvgIpc) is 2.36. The number of likely N-dealkylation sites (N-methyl/N-ethyl adjacent to an activating group) is 1. The van der Waals surface area contributed by atoms with Gasteiger partial charge < -0.3 is 4.90 Å². The number of hydrazine groups is 1. The second-order valence-electron chi connectivity index (χ2n) is 7.61. The van der Waals surface area contributed by atoms with Crippen LogP contribution in [0.2, 0.25) is 0 Å². The first-order valence-electron chi connectivity index (χ1n) is 7.67.